The van der Waals surface area contributed by atoms with Crippen LogP contribution in [0.1, 0.15) is 48.1 Å². The van der Waals surface area contributed by atoms with E-state index in [1.165, 1.54) is 5.69 Å². The second-order valence-electron chi connectivity index (χ2n) is 6.56. The summed E-state index contributed by atoms with van der Waals surface area (Å²) in [7, 11) is 0. The third-order valence-electron chi connectivity index (χ3n) is 4.35. The highest BCUT2D eigenvalue weighted by Gasteiger charge is 2.23. The van der Waals surface area contributed by atoms with Crippen LogP contribution >= 0.6 is 0 Å². The quantitative estimate of drug-likeness (QED) is 0.867. The largest absolute Gasteiger partial charge is 0.370 e. The molecule has 1 amide bonds. The molecule has 0 radical (unpaired) electrons. The summed E-state index contributed by atoms with van der Waals surface area (Å²) >= 11 is 0. The van der Waals surface area contributed by atoms with Gasteiger partial charge in [-0.05, 0) is 25.5 Å². The van der Waals surface area contributed by atoms with Crippen molar-refractivity contribution < 1.29 is 9.32 Å². The lowest BCUT2D eigenvalue weighted by Gasteiger charge is -2.23. The van der Waals surface area contributed by atoms with Crippen LogP contribution < -0.4 is 4.90 Å². The van der Waals surface area contributed by atoms with E-state index < -0.39 is 0 Å². The number of hydrogen-bond acceptors (Lipinski definition) is 5. The molecule has 0 aliphatic carbocycles. The van der Waals surface area contributed by atoms with Crippen molar-refractivity contribution in [3.8, 4) is 0 Å². The zero-order valence-electron chi connectivity index (χ0n) is 14.5. The average Bonchev–Trinajstić information content (AvgIpc) is 2.93. The van der Waals surface area contributed by atoms with E-state index in [0.717, 1.165) is 37.5 Å². The SMILES string of the molecule is Cc1cc(N2CCCN(C(=O)c3cc(C(C)C)on3)CC2)ccn1. The van der Waals surface area contributed by atoms with Crippen LogP contribution in [-0.2, 0) is 0 Å². The summed E-state index contributed by atoms with van der Waals surface area (Å²) in [5, 5.41) is 3.94. The summed E-state index contributed by atoms with van der Waals surface area (Å²) in [6.45, 7) is 9.21. The number of rotatable bonds is 3. The Bertz CT molecular complexity index is 711. The van der Waals surface area contributed by atoms with Crippen molar-refractivity contribution in [1.82, 2.24) is 15.0 Å². The Morgan fingerprint density at radius 2 is 2.04 bits per heavy atom. The van der Waals surface area contributed by atoms with Gasteiger partial charge in [-0.2, -0.15) is 0 Å². The van der Waals surface area contributed by atoms with Gasteiger partial charge in [-0.25, -0.2) is 0 Å². The average molecular weight is 328 g/mol. The number of carbonyl (C=O) groups is 1. The van der Waals surface area contributed by atoms with Gasteiger partial charge in [-0.1, -0.05) is 19.0 Å². The minimum atomic E-state index is -0.0431. The van der Waals surface area contributed by atoms with Crippen molar-refractivity contribution in [2.75, 3.05) is 31.1 Å². The van der Waals surface area contributed by atoms with Gasteiger partial charge in [0.1, 0.15) is 5.76 Å². The topological polar surface area (TPSA) is 62.5 Å². The zero-order chi connectivity index (χ0) is 17.1. The highest BCUT2D eigenvalue weighted by atomic mass is 16.5. The highest BCUT2D eigenvalue weighted by molar-refractivity contribution is 5.92. The molecule has 24 heavy (non-hydrogen) atoms. The van der Waals surface area contributed by atoms with E-state index >= 15 is 0 Å². The predicted molar refractivity (Wildman–Crippen MR) is 92.3 cm³/mol. The van der Waals surface area contributed by atoms with E-state index in [-0.39, 0.29) is 11.8 Å². The minimum absolute atomic E-state index is 0.0431. The van der Waals surface area contributed by atoms with Gasteiger partial charge in [0.2, 0.25) is 0 Å². The number of aryl methyl sites for hydroxylation is 1. The van der Waals surface area contributed by atoms with Crippen molar-refractivity contribution in [1.29, 1.82) is 0 Å². The molecule has 0 bridgehead atoms. The van der Waals surface area contributed by atoms with Crippen LogP contribution in [0.5, 0.6) is 0 Å². The molecule has 3 heterocycles. The van der Waals surface area contributed by atoms with Crippen LogP contribution in [0.2, 0.25) is 0 Å². The van der Waals surface area contributed by atoms with Crippen LogP contribution in [0.15, 0.2) is 28.9 Å². The van der Waals surface area contributed by atoms with E-state index in [2.05, 4.69) is 21.1 Å². The first-order valence-electron chi connectivity index (χ1n) is 8.48. The number of carbonyl (C=O) groups excluding carboxylic acids is 1. The third kappa shape index (κ3) is 3.58. The molecule has 6 heteroatoms. The molecule has 2 aromatic rings. The molecule has 0 saturated carbocycles. The fourth-order valence-corrected chi connectivity index (χ4v) is 2.93. The molecule has 128 valence electrons. The number of nitrogens with zero attached hydrogens (tertiary/aromatic N) is 4. The molecule has 0 N–H and O–H groups in total. The lowest BCUT2D eigenvalue weighted by atomic mass is 10.1. The molecule has 1 aliphatic rings. The molecule has 1 fully saturated rings. The van der Waals surface area contributed by atoms with Crippen molar-refractivity contribution in [2.45, 2.75) is 33.1 Å². The van der Waals surface area contributed by atoms with E-state index in [4.69, 9.17) is 4.52 Å². The summed E-state index contributed by atoms with van der Waals surface area (Å²) < 4.78 is 5.26. The first-order chi connectivity index (χ1) is 11.5. The molecule has 3 rings (SSSR count). The molecule has 0 spiro atoms. The summed E-state index contributed by atoms with van der Waals surface area (Å²) in [5.74, 6) is 0.939. The first-order valence-corrected chi connectivity index (χ1v) is 8.48. The Labute approximate surface area is 142 Å². The van der Waals surface area contributed by atoms with E-state index in [0.29, 0.717) is 12.2 Å². The van der Waals surface area contributed by atoms with Crippen LogP contribution in [0, 0.1) is 6.92 Å². The van der Waals surface area contributed by atoms with Gasteiger partial charge in [-0.3, -0.25) is 9.78 Å². The van der Waals surface area contributed by atoms with Gasteiger partial charge in [-0.15, -0.1) is 0 Å². The zero-order valence-corrected chi connectivity index (χ0v) is 14.5. The van der Waals surface area contributed by atoms with Crippen LogP contribution in [0.4, 0.5) is 5.69 Å². The molecule has 2 aromatic heterocycles. The molecule has 1 saturated heterocycles. The summed E-state index contributed by atoms with van der Waals surface area (Å²) in [4.78, 5) is 21.1. The maximum Gasteiger partial charge on any atom is 0.276 e. The summed E-state index contributed by atoms with van der Waals surface area (Å²) in [6, 6.07) is 5.88. The molecular formula is C18H24N4O2. The maximum absolute atomic E-state index is 12.7. The molecule has 0 unspecified atom stereocenters. The van der Waals surface area contributed by atoms with Gasteiger partial charge >= 0.3 is 0 Å². The third-order valence-corrected chi connectivity index (χ3v) is 4.35. The standard InChI is InChI=1S/C18H24N4O2/c1-13(2)17-12-16(20-24-17)18(23)22-8-4-7-21(9-10-22)15-5-6-19-14(3)11-15/h5-6,11-13H,4,7-10H2,1-3H3. The Balaban J connectivity index is 1.67. The Morgan fingerprint density at radius 1 is 1.21 bits per heavy atom. The smallest absolute Gasteiger partial charge is 0.276 e. The molecule has 6 nitrogen and oxygen atoms in total. The second-order valence-corrected chi connectivity index (χ2v) is 6.56. The molecule has 0 aromatic carbocycles. The van der Waals surface area contributed by atoms with Crippen molar-refractivity contribution in [3.63, 3.8) is 0 Å². The maximum atomic E-state index is 12.7. The number of aromatic nitrogens is 2. The van der Waals surface area contributed by atoms with Crippen LogP contribution in [0.3, 0.4) is 0 Å². The Kier molecular flexibility index (Phi) is 4.83. The van der Waals surface area contributed by atoms with Crippen molar-refractivity contribution in [2.24, 2.45) is 0 Å². The lowest BCUT2D eigenvalue weighted by molar-refractivity contribution is 0.0756. The van der Waals surface area contributed by atoms with Crippen LogP contribution in [-0.4, -0.2) is 47.1 Å². The van der Waals surface area contributed by atoms with Crippen molar-refractivity contribution >= 4 is 11.6 Å². The molecular weight excluding hydrogens is 304 g/mol. The summed E-state index contributed by atoms with van der Waals surface area (Å²) in [6.07, 6.45) is 2.77. The fraction of sp³-hybridized carbons (Fsp3) is 0.500. The number of anilines is 1. The minimum Gasteiger partial charge on any atom is -0.370 e. The normalized spacial score (nSPS) is 15.7. The van der Waals surface area contributed by atoms with E-state index in [1.807, 2.05) is 37.9 Å². The fourth-order valence-electron chi connectivity index (χ4n) is 2.93. The highest BCUT2D eigenvalue weighted by Crippen LogP contribution is 2.19. The lowest BCUT2D eigenvalue weighted by Crippen LogP contribution is -2.35. The predicted octanol–water partition coefficient (Wildman–Crippen LogP) is 2.85. The van der Waals surface area contributed by atoms with Gasteiger partial charge in [0.05, 0.1) is 0 Å². The van der Waals surface area contributed by atoms with Gasteiger partial charge < -0.3 is 14.3 Å². The van der Waals surface area contributed by atoms with E-state index in [1.54, 1.807) is 6.07 Å². The molecule has 1 aliphatic heterocycles. The van der Waals surface area contributed by atoms with Gasteiger partial charge in [0, 0.05) is 55.7 Å². The van der Waals surface area contributed by atoms with Gasteiger partial charge in [0.15, 0.2) is 5.69 Å². The monoisotopic (exact) mass is 328 g/mol. The second kappa shape index (κ2) is 7.03. The van der Waals surface area contributed by atoms with Gasteiger partial charge in [0.25, 0.3) is 5.91 Å². The first kappa shape index (κ1) is 16.5. The number of hydrogen-bond donors (Lipinski definition) is 0. The Morgan fingerprint density at radius 3 is 2.75 bits per heavy atom. The number of amides is 1. The van der Waals surface area contributed by atoms with E-state index in [9.17, 15) is 4.79 Å². The number of pyridine rings is 1. The summed E-state index contributed by atoms with van der Waals surface area (Å²) in [5.41, 5.74) is 2.58. The Hall–Kier alpha value is -2.37. The molecule has 0 atom stereocenters. The van der Waals surface area contributed by atoms with Crippen molar-refractivity contribution in [3.05, 3.63) is 41.5 Å². The van der Waals surface area contributed by atoms with Crippen LogP contribution in [0.25, 0.3) is 0 Å².